The number of para-hydroxylation sites is 1. The van der Waals surface area contributed by atoms with E-state index in [9.17, 15) is 14.7 Å². The molecule has 5 rings (SSSR count). The van der Waals surface area contributed by atoms with E-state index >= 15 is 0 Å². The van der Waals surface area contributed by atoms with Crippen LogP contribution < -0.4 is 32.3 Å². The highest BCUT2D eigenvalue weighted by Gasteiger charge is 2.23. The highest BCUT2D eigenvalue weighted by molar-refractivity contribution is 5.90. The number of aliphatic hydroxyl groups is 1. The molecule has 2 atom stereocenters. The average molecular weight is 723 g/mol. The quantitative estimate of drug-likeness (QED) is 0.0692. The minimum absolute atomic E-state index is 0.00471. The van der Waals surface area contributed by atoms with Gasteiger partial charge in [0.2, 0.25) is 11.9 Å². The number of nitrogens with zero attached hydrogens (tertiary/aromatic N) is 6. The number of carboxylic acids is 1. The molecule has 2 aliphatic rings. The van der Waals surface area contributed by atoms with E-state index < -0.39 is 18.1 Å². The Morgan fingerprint density at radius 3 is 2.58 bits per heavy atom. The van der Waals surface area contributed by atoms with Gasteiger partial charge in [-0.2, -0.15) is 4.98 Å². The van der Waals surface area contributed by atoms with Gasteiger partial charge in [0.05, 0.1) is 24.4 Å². The van der Waals surface area contributed by atoms with Gasteiger partial charge in [-0.05, 0) is 76.7 Å². The van der Waals surface area contributed by atoms with Crippen LogP contribution in [0, 0.1) is 0 Å². The second-order valence-electron chi connectivity index (χ2n) is 14.1. The van der Waals surface area contributed by atoms with Gasteiger partial charge in [0, 0.05) is 56.6 Å². The molecule has 2 fully saturated rings. The molecule has 0 unspecified atom stereocenters. The van der Waals surface area contributed by atoms with Crippen LogP contribution in [0.2, 0.25) is 0 Å². The summed E-state index contributed by atoms with van der Waals surface area (Å²) in [5.74, 6) is -0.161. The first kappa shape index (κ1) is 39.3. The van der Waals surface area contributed by atoms with E-state index in [0.29, 0.717) is 19.0 Å². The van der Waals surface area contributed by atoms with Crippen molar-refractivity contribution in [3.63, 3.8) is 0 Å². The summed E-state index contributed by atoms with van der Waals surface area (Å²) in [6.07, 6.45) is 12.0. The number of fused-ring (bicyclic) bond motifs is 1. The van der Waals surface area contributed by atoms with Gasteiger partial charge in [-0.3, -0.25) is 14.3 Å². The summed E-state index contributed by atoms with van der Waals surface area (Å²) < 4.78 is 1.89. The number of likely N-dealkylation sites (tertiary alicyclic amines) is 1. The van der Waals surface area contributed by atoms with E-state index in [1.54, 1.807) is 0 Å². The van der Waals surface area contributed by atoms with Crippen molar-refractivity contribution in [2.75, 3.05) is 56.4 Å². The molecule has 3 aromatic rings. The Balaban J connectivity index is 1.000. The van der Waals surface area contributed by atoms with Crippen LogP contribution >= 0.6 is 0 Å². The Bertz CT molecular complexity index is 1530. The second-order valence-corrected chi connectivity index (χ2v) is 14.1. The molecule has 16 heteroatoms. The van der Waals surface area contributed by atoms with Crippen LogP contribution in [0.5, 0.6) is 0 Å². The Morgan fingerprint density at radius 1 is 0.981 bits per heavy atom. The van der Waals surface area contributed by atoms with Crippen molar-refractivity contribution in [3.05, 3.63) is 36.2 Å². The first-order chi connectivity index (χ1) is 25.3. The first-order valence-electron chi connectivity index (χ1n) is 19.1. The standard InChI is InChI=1S/C36H58N12O4/c37-31(35(51)52)12-13-33(50)40-23-29(49)25-47-20-14-27(15-21-47)42-34-30-10-4-5-11-32(30)43-36(44-34)41-22-28-24-48(46-45-28)19-7-17-38-16-6-18-39-26-8-2-1-3-9-26/h4-5,10-11,24,26-27,29,31,38-39,49H,1-3,6-9,12-23,25,37H2,(H,40,50)(H,51,52)(H2,41,42,43,44)/t29-,31+/m1/s1. The molecule has 1 saturated heterocycles. The summed E-state index contributed by atoms with van der Waals surface area (Å²) in [6, 6.07) is 7.80. The third-order valence-electron chi connectivity index (χ3n) is 9.86. The highest BCUT2D eigenvalue weighted by atomic mass is 16.4. The molecule has 16 nitrogen and oxygen atoms in total. The number of aromatic nitrogens is 5. The van der Waals surface area contributed by atoms with E-state index in [0.717, 1.165) is 93.4 Å². The number of nitrogens with one attached hydrogen (secondary N) is 5. The summed E-state index contributed by atoms with van der Waals surface area (Å²) in [5.41, 5.74) is 7.12. The molecule has 0 spiro atoms. The number of aliphatic hydroxyl groups excluding tert-OH is 1. The van der Waals surface area contributed by atoms with Crippen molar-refractivity contribution in [1.82, 2.24) is 45.8 Å². The minimum atomic E-state index is -1.13. The van der Waals surface area contributed by atoms with Crippen molar-refractivity contribution in [2.45, 2.75) is 108 Å². The summed E-state index contributed by atoms with van der Waals surface area (Å²) in [7, 11) is 0. The number of β-amino-alcohol motifs (C(OH)–C–C–N with tert-alkyl or cyclic N) is 1. The van der Waals surface area contributed by atoms with Gasteiger partial charge in [-0.25, -0.2) is 4.98 Å². The number of nitrogens with two attached hydrogens (primary N) is 1. The van der Waals surface area contributed by atoms with E-state index in [4.69, 9.17) is 20.8 Å². The number of hydrogen-bond acceptors (Lipinski definition) is 13. The van der Waals surface area contributed by atoms with Gasteiger partial charge in [0.15, 0.2) is 0 Å². The van der Waals surface area contributed by atoms with Gasteiger partial charge in [0.1, 0.15) is 17.6 Å². The predicted octanol–water partition coefficient (Wildman–Crippen LogP) is 1.67. The van der Waals surface area contributed by atoms with Crippen LogP contribution in [0.25, 0.3) is 10.9 Å². The molecule has 1 aliphatic heterocycles. The largest absolute Gasteiger partial charge is 0.480 e. The highest BCUT2D eigenvalue weighted by Crippen LogP contribution is 2.25. The molecular weight excluding hydrogens is 664 g/mol. The third kappa shape index (κ3) is 13.2. The predicted molar refractivity (Wildman–Crippen MR) is 201 cm³/mol. The maximum atomic E-state index is 12.0. The third-order valence-corrected chi connectivity index (χ3v) is 9.86. The van der Waals surface area contributed by atoms with Crippen molar-refractivity contribution in [3.8, 4) is 0 Å². The van der Waals surface area contributed by atoms with Crippen LogP contribution in [0.1, 0.15) is 76.3 Å². The molecule has 1 amide bonds. The smallest absolute Gasteiger partial charge is 0.320 e. The lowest BCUT2D eigenvalue weighted by Gasteiger charge is -2.34. The number of hydrogen-bond donors (Lipinski definition) is 8. The normalized spacial score (nSPS) is 17.2. The van der Waals surface area contributed by atoms with Crippen LogP contribution in [0.15, 0.2) is 30.5 Å². The van der Waals surface area contributed by atoms with Gasteiger partial charge >= 0.3 is 5.97 Å². The van der Waals surface area contributed by atoms with Crippen molar-refractivity contribution in [1.29, 1.82) is 0 Å². The number of rotatable bonds is 22. The lowest BCUT2D eigenvalue weighted by Crippen LogP contribution is -2.45. The van der Waals surface area contributed by atoms with Crippen LogP contribution in [0.3, 0.4) is 0 Å². The Hall–Kier alpha value is -3.96. The molecule has 0 radical (unpaired) electrons. The number of amides is 1. The molecule has 2 aromatic heterocycles. The monoisotopic (exact) mass is 722 g/mol. The Morgan fingerprint density at radius 2 is 1.77 bits per heavy atom. The molecule has 0 bridgehead atoms. The molecule has 1 aliphatic carbocycles. The molecule has 1 aromatic carbocycles. The first-order valence-corrected chi connectivity index (χ1v) is 19.1. The molecule has 52 heavy (non-hydrogen) atoms. The van der Waals surface area contributed by atoms with Crippen LogP contribution in [0.4, 0.5) is 11.8 Å². The van der Waals surface area contributed by atoms with Gasteiger partial charge in [-0.1, -0.05) is 36.6 Å². The zero-order valence-corrected chi connectivity index (χ0v) is 30.3. The van der Waals surface area contributed by atoms with Crippen molar-refractivity contribution in [2.24, 2.45) is 5.73 Å². The molecular formula is C36H58N12O4. The number of aliphatic carboxylic acids is 1. The molecule has 3 heterocycles. The molecule has 1 saturated carbocycles. The lowest BCUT2D eigenvalue weighted by atomic mass is 9.95. The fraction of sp³-hybridized carbons (Fsp3) is 0.667. The number of carbonyl (C=O) groups is 2. The van der Waals surface area contributed by atoms with E-state index in [1.807, 2.05) is 35.1 Å². The van der Waals surface area contributed by atoms with Gasteiger partial charge < -0.3 is 47.4 Å². The number of benzene rings is 1. The van der Waals surface area contributed by atoms with E-state index in [-0.39, 0.29) is 31.3 Å². The average Bonchev–Trinajstić information content (AvgIpc) is 3.62. The zero-order chi connectivity index (χ0) is 36.5. The van der Waals surface area contributed by atoms with Gasteiger partial charge in [0.25, 0.3) is 0 Å². The SMILES string of the molecule is N[C@@H](CCC(=O)NC[C@@H](O)CN1CCC(Nc2nc(NCc3cn(CCCNCCCNC4CCCCC4)nn3)nc3ccccc23)CC1)C(=O)O. The number of aryl methyl sites for hydroxylation is 1. The van der Waals surface area contributed by atoms with E-state index in [1.165, 1.54) is 32.1 Å². The number of carbonyl (C=O) groups excluding carboxylic acids is 1. The summed E-state index contributed by atoms with van der Waals surface area (Å²) in [6.45, 7) is 6.44. The lowest BCUT2D eigenvalue weighted by molar-refractivity contribution is -0.138. The van der Waals surface area contributed by atoms with Crippen molar-refractivity contribution >= 4 is 34.5 Å². The summed E-state index contributed by atoms with van der Waals surface area (Å²) in [5, 5.41) is 45.8. The second kappa shape index (κ2) is 20.9. The maximum Gasteiger partial charge on any atom is 0.320 e. The summed E-state index contributed by atoms with van der Waals surface area (Å²) in [4.78, 5) is 34.6. The van der Waals surface area contributed by atoms with E-state index in [2.05, 4.69) is 41.8 Å². The number of piperidine rings is 1. The van der Waals surface area contributed by atoms with Crippen molar-refractivity contribution < 1.29 is 19.8 Å². The summed E-state index contributed by atoms with van der Waals surface area (Å²) >= 11 is 0. The fourth-order valence-electron chi connectivity index (χ4n) is 6.83. The van der Waals surface area contributed by atoms with Crippen LogP contribution in [-0.2, 0) is 22.7 Å². The van der Waals surface area contributed by atoms with Crippen LogP contribution in [-0.4, -0.2) is 122 Å². The number of carboxylic acid groups (broad SMARTS) is 1. The molecule has 286 valence electrons. The maximum absolute atomic E-state index is 12.0. The minimum Gasteiger partial charge on any atom is -0.480 e. The Labute approximate surface area is 306 Å². The number of anilines is 2. The molecule has 9 N–H and O–H groups in total. The van der Waals surface area contributed by atoms with Gasteiger partial charge in [-0.15, -0.1) is 5.10 Å². The Kier molecular flexibility index (Phi) is 15.8. The topological polar surface area (TPSA) is 220 Å². The zero-order valence-electron chi connectivity index (χ0n) is 30.3. The fourth-order valence-corrected chi connectivity index (χ4v) is 6.83.